The van der Waals surface area contributed by atoms with Crippen LogP contribution in [0.4, 0.5) is 0 Å². The van der Waals surface area contributed by atoms with Gasteiger partial charge in [0.15, 0.2) is 0 Å². The number of benzene rings is 4. The van der Waals surface area contributed by atoms with E-state index in [1.165, 1.54) is 62.5 Å². The Morgan fingerprint density at radius 1 is 0.566 bits per heavy atom. The molecule has 0 aliphatic carbocycles. The number of unbranched alkanes of at least 4 members (excludes halogenated alkanes) is 1. The number of hydrogen-bond acceptors (Lipinski definition) is 16. The number of carbonyl (C=O) groups excluding carboxylic acids is 12. The first-order valence-electron chi connectivity index (χ1n) is 36.1. The minimum atomic E-state index is -1.85. The maximum Gasteiger partial charge on any atom is 0.247 e. The lowest BCUT2D eigenvalue weighted by Crippen LogP contribution is -2.62. The molecule has 10 atom stereocenters. The van der Waals surface area contributed by atoms with Crippen molar-refractivity contribution < 1.29 is 67.7 Å². The lowest BCUT2D eigenvalue weighted by atomic mass is 9.96. The maximum atomic E-state index is 15.0. The molecular weight excluding hydrogens is 1380 g/mol. The van der Waals surface area contributed by atoms with Crippen LogP contribution in [0.5, 0.6) is 5.75 Å². The number of nitrogens with zero attached hydrogens (tertiary/aromatic N) is 3. The number of phenolic OH excluding ortho intramolecular Hbond substituents is 1. The quantitative estimate of drug-likeness (QED) is 0.0250. The minimum Gasteiger partial charge on any atom is -0.508 e. The summed E-state index contributed by atoms with van der Waals surface area (Å²) in [4.78, 5) is 176. The van der Waals surface area contributed by atoms with Crippen molar-refractivity contribution in [1.82, 2.24) is 62.6 Å². The van der Waals surface area contributed by atoms with E-state index >= 15 is 0 Å². The smallest absolute Gasteiger partial charge is 0.247 e. The molecular formula is C77H105ClN14O14. The number of aliphatic hydroxyl groups excluding tert-OH is 1. The number of rotatable bonds is 41. The molecule has 574 valence electrons. The molecule has 4 aromatic carbocycles. The van der Waals surface area contributed by atoms with Gasteiger partial charge in [0.25, 0.3) is 0 Å². The highest BCUT2D eigenvalue weighted by Gasteiger charge is 2.41. The van der Waals surface area contributed by atoms with Crippen LogP contribution in [0.3, 0.4) is 0 Å². The van der Waals surface area contributed by atoms with Gasteiger partial charge in [-0.1, -0.05) is 120 Å². The Hall–Kier alpha value is -10.1. The van der Waals surface area contributed by atoms with Crippen molar-refractivity contribution in [2.45, 2.75) is 205 Å². The van der Waals surface area contributed by atoms with E-state index in [4.69, 9.17) is 23.1 Å². The number of likely N-dealkylation sites (tertiary alicyclic amines) is 1. The van der Waals surface area contributed by atoms with E-state index in [1.807, 2.05) is 52.0 Å². The van der Waals surface area contributed by atoms with Crippen molar-refractivity contribution >= 4 is 93.3 Å². The Bertz CT molecular complexity index is 3850. The maximum absolute atomic E-state index is 15.0. The van der Waals surface area contributed by atoms with E-state index < -0.39 is 144 Å². The number of primary amides is 2. The minimum absolute atomic E-state index is 0.000942. The van der Waals surface area contributed by atoms with Crippen molar-refractivity contribution in [3.8, 4) is 5.75 Å². The Labute approximate surface area is 624 Å². The molecule has 106 heavy (non-hydrogen) atoms. The molecule has 0 unspecified atom stereocenters. The van der Waals surface area contributed by atoms with Crippen molar-refractivity contribution in [3.05, 3.63) is 142 Å². The molecule has 29 heteroatoms. The fourth-order valence-electron chi connectivity index (χ4n) is 12.5. The molecule has 5 aromatic rings. The van der Waals surface area contributed by atoms with Crippen LogP contribution >= 0.6 is 11.6 Å². The number of hydrogen-bond donors (Lipinski definition) is 13. The Kier molecular flexibility index (Phi) is 33.3. The number of likely N-dealkylation sites (N-methyl/N-ethyl adjacent to an activating group) is 1. The van der Waals surface area contributed by atoms with Crippen molar-refractivity contribution in [1.29, 1.82) is 0 Å². The average Bonchev–Trinajstić information content (AvgIpc) is 1.21. The topological polar surface area (TPSA) is 425 Å². The van der Waals surface area contributed by atoms with Crippen LogP contribution in [0, 0.1) is 11.8 Å². The number of pyridine rings is 1. The molecule has 0 spiro atoms. The summed E-state index contributed by atoms with van der Waals surface area (Å²) < 4.78 is 0. The second kappa shape index (κ2) is 41.6. The molecule has 1 aliphatic heterocycles. The lowest BCUT2D eigenvalue weighted by Gasteiger charge is -2.32. The summed E-state index contributed by atoms with van der Waals surface area (Å²) in [5.74, 6) is -9.89. The molecule has 0 saturated carbocycles. The zero-order valence-electron chi connectivity index (χ0n) is 61.9. The van der Waals surface area contributed by atoms with Crippen LogP contribution in [-0.4, -0.2) is 189 Å². The second-order valence-corrected chi connectivity index (χ2v) is 28.9. The third-order valence-electron chi connectivity index (χ3n) is 18.2. The van der Waals surface area contributed by atoms with Crippen LogP contribution in [0.25, 0.3) is 10.8 Å². The first kappa shape index (κ1) is 84.9. The Balaban J connectivity index is 1.26. The number of amides is 12. The average molecular weight is 1490 g/mol. The zero-order chi connectivity index (χ0) is 77.9. The van der Waals surface area contributed by atoms with E-state index in [9.17, 15) is 67.7 Å². The highest BCUT2D eigenvalue weighted by Crippen LogP contribution is 2.24. The highest BCUT2D eigenvalue weighted by molar-refractivity contribution is 6.30. The SMILES string of the molecule is CC(=O)N[C@H](Cc1ccc2ccc(CC(C)C)cc2c1)C(=O)N[C@H](Cc1ccc(Cl)cc1)C(=O)N[C@H](Cc1cccnc1)C(=O)N[C@@H](CO)C(=O)N(C)[C@@H](Cc1ccc(O)cc1)C(=O)N[C@H](CC(N)=O)C(=O)N[C@@H](CCC(C)C)C(=O)N[C@@H](CCCCNC(C)C)C(=O)N1CCC[C@H]1C(=O)N[C@H](C)C(N)=O. The van der Waals surface area contributed by atoms with Crippen LogP contribution in [0.2, 0.25) is 5.02 Å². The van der Waals surface area contributed by atoms with Gasteiger partial charge in [0, 0.05) is 69.7 Å². The van der Waals surface area contributed by atoms with Gasteiger partial charge in [0.2, 0.25) is 70.9 Å². The van der Waals surface area contributed by atoms with Gasteiger partial charge in [-0.05, 0) is 146 Å². The highest BCUT2D eigenvalue weighted by atomic mass is 35.5. The summed E-state index contributed by atoms with van der Waals surface area (Å²) in [7, 11) is 1.19. The first-order chi connectivity index (χ1) is 50.3. The summed E-state index contributed by atoms with van der Waals surface area (Å²) in [5, 5.41) is 48.3. The first-order valence-corrected chi connectivity index (χ1v) is 36.5. The van der Waals surface area contributed by atoms with Crippen LogP contribution in [0.1, 0.15) is 135 Å². The molecule has 1 fully saturated rings. The molecule has 2 heterocycles. The normalized spacial score (nSPS) is 15.3. The molecule has 15 N–H and O–H groups in total. The Morgan fingerprint density at radius 3 is 1.66 bits per heavy atom. The molecule has 0 bridgehead atoms. The molecule has 28 nitrogen and oxygen atoms in total. The summed E-state index contributed by atoms with van der Waals surface area (Å²) in [6, 6.07) is 13.3. The number of aromatic hydroxyl groups is 1. The number of aromatic nitrogens is 1. The third kappa shape index (κ3) is 27.1. The molecule has 1 aliphatic rings. The zero-order valence-corrected chi connectivity index (χ0v) is 62.6. The van der Waals surface area contributed by atoms with E-state index in [2.05, 4.69) is 78.8 Å². The molecule has 12 amide bonds. The van der Waals surface area contributed by atoms with E-state index in [0.29, 0.717) is 59.9 Å². The van der Waals surface area contributed by atoms with Crippen LogP contribution in [0.15, 0.2) is 109 Å². The fourth-order valence-corrected chi connectivity index (χ4v) is 12.6. The monoisotopic (exact) mass is 1480 g/mol. The summed E-state index contributed by atoms with van der Waals surface area (Å²) in [5.41, 5.74) is 14.3. The van der Waals surface area contributed by atoms with Crippen LogP contribution < -0.4 is 59.3 Å². The van der Waals surface area contributed by atoms with Gasteiger partial charge in [-0.15, -0.1) is 0 Å². The third-order valence-corrected chi connectivity index (χ3v) is 18.5. The molecule has 1 aromatic heterocycles. The summed E-state index contributed by atoms with van der Waals surface area (Å²) >= 11 is 6.26. The van der Waals surface area contributed by atoms with Gasteiger partial charge < -0.3 is 79.3 Å². The number of halogens is 1. The van der Waals surface area contributed by atoms with E-state index in [1.54, 1.807) is 36.4 Å². The number of nitrogens with one attached hydrogen (secondary N) is 9. The van der Waals surface area contributed by atoms with Crippen molar-refractivity contribution in [2.75, 3.05) is 26.7 Å². The lowest BCUT2D eigenvalue weighted by molar-refractivity contribution is -0.144. The standard InChI is InChI=1S/C77H105ClN14O14/c1-44(2)17-30-58(69(98)86-59(15-10-11-32-82-46(5)6)77(106)92-33-13-16-65(92)74(103)83-47(7)68(80)97)85-73(102)63(41-67(79)96)89-75(104)66(40-50-22-28-57(95)29-23-50)91(9)76(105)64(43-93)90-72(101)62(39-53-14-12-31-81-42-53)88-71(100)61(37-49-20-26-56(78)27-21-49)87-70(99)60(84-48(8)94)38-52-19-25-54-24-18-51(34-45(3)4)35-55(54)36-52/h12,14,18-29,31,35-36,42,44-47,58-66,82,93,95H,10-11,13,15-17,30,32-34,37-41,43H2,1-9H3,(H2,79,96)(H2,80,97)(H,83,103)(H,84,94)(H,85,102)(H,86,98)(H,87,99)(H,88,100)(H,89,104)(H,90,101)/t47-,58+,59+,60-,61-,62-,63-,64+,65+,66+/m1/s1. The van der Waals surface area contributed by atoms with Crippen LogP contribution in [-0.2, 0) is 89.6 Å². The Morgan fingerprint density at radius 2 is 1.09 bits per heavy atom. The van der Waals surface area contributed by atoms with E-state index in [-0.39, 0.29) is 69.2 Å². The number of aliphatic hydroxyl groups is 1. The fraction of sp³-hybridized carbons (Fsp3) is 0.494. The number of fused-ring (bicyclic) bond motifs is 1. The molecule has 6 rings (SSSR count). The van der Waals surface area contributed by atoms with Crippen molar-refractivity contribution in [2.24, 2.45) is 23.3 Å². The van der Waals surface area contributed by atoms with Gasteiger partial charge in [-0.25, -0.2) is 0 Å². The molecule has 1 saturated heterocycles. The van der Waals surface area contributed by atoms with Gasteiger partial charge >= 0.3 is 0 Å². The van der Waals surface area contributed by atoms with Gasteiger partial charge in [-0.2, -0.15) is 0 Å². The number of carbonyl (C=O) groups is 12. The van der Waals surface area contributed by atoms with Gasteiger partial charge in [-0.3, -0.25) is 62.5 Å². The molecule has 0 radical (unpaired) electrons. The second-order valence-electron chi connectivity index (χ2n) is 28.4. The van der Waals surface area contributed by atoms with Gasteiger partial charge in [0.05, 0.1) is 13.0 Å². The van der Waals surface area contributed by atoms with Crippen molar-refractivity contribution in [3.63, 3.8) is 0 Å². The predicted molar refractivity (Wildman–Crippen MR) is 400 cm³/mol. The summed E-state index contributed by atoms with van der Waals surface area (Å²) in [6.45, 7) is 14.3. The van der Waals surface area contributed by atoms with Gasteiger partial charge in [0.1, 0.15) is 66.2 Å². The summed E-state index contributed by atoms with van der Waals surface area (Å²) in [6.07, 6.45) is 4.48. The number of phenols is 1. The predicted octanol–water partition coefficient (Wildman–Crippen LogP) is 2.76. The largest absolute Gasteiger partial charge is 0.508 e. The van der Waals surface area contributed by atoms with E-state index in [0.717, 1.165) is 33.2 Å². The number of nitrogens with two attached hydrogens (primary N) is 2.